The first-order valence-corrected chi connectivity index (χ1v) is 10.9. The van der Waals surface area contributed by atoms with E-state index in [1.807, 2.05) is 67.2 Å². The standard InChI is InChI=1S/C25H27FN4O2/c1-17(19-4-3-5-20(26)14-19)32-25(2)12-10-24-28-15-23(30(24)29-25)18-6-8-22(9-7-18)31-16-21-11-13-27-21/h3-10,12,14-15,17,21,27,29H,11,13,16H2,1-2H3/t17-,21?,25?/m1/s1. The molecule has 0 bridgehead atoms. The SMILES string of the molecule is C[C@@H](OC1(C)C=Cc2ncc(-c3ccc(OCC4CCN4)cc3)n2N1)c1cccc(F)c1. The van der Waals surface area contributed by atoms with Crippen LogP contribution in [0, 0.1) is 5.82 Å². The number of nitrogens with one attached hydrogen (secondary N) is 2. The van der Waals surface area contributed by atoms with Gasteiger partial charge in [-0.25, -0.2) is 14.1 Å². The van der Waals surface area contributed by atoms with E-state index in [1.54, 1.807) is 6.07 Å². The van der Waals surface area contributed by atoms with Crippen molar-refractivity contribution in [2.45, 2.75) is 38.1 Å². The van der Waals surface area contributed by atoms with Gasteiger partial charge in [-0.15, -0.1) is 0 Å². The van der Waals surface area contributed by atoms with Crippen LogP contribution in [0.5, 0.6) is 5.75 Å². The van der Waals surface area contributed by atoms with Crippen molar-refractivity contribution in [1.29, 1.82) is 0 Å². The molecular weight excluding hydrogens is 407 g/mol. The van der Waals surface area contributed by atoms with E-state index in [2.05, 4.69) is 15.7 Å². The molecule has 1 saturated heterocycles. The fraction of sp³-hybridized carbons (Fsp3) is 0.320. The average molecular weight is 435 g/mol. The molecule has 0 spiro atoms. The van der Waals surface area contributed by atoms with Crippen molar-refractivity contribution in [3.8, 4) is 17.0 Å². The summed E-state index contributed by atoms with van der Waals surface area (Å²) in [5.74, 6) is 1.37. The van der Waals surface area contributed by atoms with Crippen LogP contribution >= 0.6 is 0 Å². The molecule has 32 heavy (non-hydrogen) atoms. The van der Waals surface area contributed by atoms with Crippen molar-refractivity contribution < 1.29 is 13.9 Å². The summed E-state index contributed by atoms with van der Waals surface area (Å²) in [5, 5.41) is 3.34. The van der Waals surface area contributed by atoms with Crippen LogP contribution in [-0.4, -0.2) is 34.6 Å². The molecule has 6 nitrogen and oxygen atoms in total. The van der Waals surface area contributed by atoms with Crippen molar-refractivity contribution in [3.63, 3.8) is 0 Å². The lowest BCUT2D eigenvalue weighted by atomic mass is 10.1. The lowest BCUT2D eigenvalue weighted by Crippen LogP contribution is -2.46. The minimum atomic E-state index is -0.785. The van der Waals surface area contributed by atoms with Gasteiger partial charge in [0.05, 0.1) is 18.0 Å². The van der Waals surface area contributed by atoms with Crippen molar-refractivity contribution in [1.82, 2.24) is 15.0 Å². The second-order valence-corrected chi connectivity index (χ2v) is 8.48. The molecule has 0 radical (unpaired) electrons. The summed E-state index contributed by atoms with van der Waals surface area (Å²) < 4.78 is 27.7. The molecule has 5 rings (SSSR count). The average Bonchev–Trinajstić information content (AvgIpc) is 3.15. The van der Waals surface area contributed by atoms with Gasteiger partial charge >= 0.3 is 0 Å². The Kier molecular flexibility index (Phi) is 5.45. The number of rotatable bonds is 7. The first kappa shape index (κ1) is 20.7. The van der Waals surface area contributed by atoms with Crippen LogP contribution in [0.15, 0.2) is 60.8 Å². The van der Waals surface area contributed by atoms with Gasteiger partial charge in [-0.2, -0.15) is 0 Å². The fourth-order valence-corrected chi connectivity index (χ4v) is 3.97. The van der Waals surface area contributed by atoms with Gasteiger partial charge < -0.3 is 14.8 Å². The number of benzene rings is 2. The molecule has 3 heterocycles. The summed E-state index contributed by atoms with van der Waals surface area (Å²) >= 11 is 0. The number of fused-ring (bicyclic) bond motifs is 1. The maximum absolute atomic E-state index is 13.6. The predicted molar refractivity (Wildman–Crippen MR) is 122 cm³/mol. The summed E-state index contributed by atoms with van der Waals surface area (Å²) in [6.07, 6.45) is 6.56. The third-order valence-electron chi connectivity index (χ3n) is 5.94. The molecule has 2 aliphatic rings. The minimum Gasteiger partial charge on any atom is -0.492 e. The van der Waals surface area contributed by atoms with Gasteiger partial charge in [0.1, 0.15) is 18.2 Å². The maximum atomic E-state index is 13.6. The summed E-state index contributed by atoms with van der Waals surface area (Å²) in [6, 6.07) is 15.0. The van der Waals surface area contributed by atoms with E-state index in [4.69, 9.17) is 9.47 Å². The van der Waals surface area contributed by atoms with Gasteiger partial charge in [0.25, 0.3) is 0 Å². The Hall–Kier alpha value is -3.16. The van der Waals surface area contributed by atoms with Crippen LogP contribution in [0.4, 0.5) is 4.39 Å². The first-order chi connectivity index (χ1) is 15.5. The van der Waals surface area contributed by atoms with Crippen molar-refractivity contribution in [2.75, 3.05) is 18.6 Å². The molecule has 1 aromatic heterocycles. The quantitative estimate of drug-likeness (QED) is 0.574. The van der Waals surface area contributed by atoms with Crippen LogP contribution in [0.2, 0.25) is 0 Å². The zero-order chi connectivity index (χ0) is 22.1. The highest BCUT2D eigenvalue weighted by atomic mass is 19.1. The number of imidazole rings is 1. The van der Waals surface area contributed by atoms with Crippen molar-refractivity contribution >= 4 is 6.08 Å². The van der Waals surface area contributed by atoms with Crippen molar-refractivity contribution in [2.24, 2.45) is 0 Å². The Balaban J connectivity index is 1.31. The third kappa shape index (κ3) is 4.26. The van der Waals surface area contributed by atoms with Gasteiger partial charge in [0.15, 0.2) is 11.5 Å². The Morgan fingerprint density at radius 2 is 2.06 bits per heavy atom. The molecule has 0 amide bonds. The molecule has 2 aromatic carbocycles. The molecule has 2 N–H and O–H groups in total. The lowest BCUT2D eigenvalue weighted by molar-refractivity contribution is -0.0358. The molecule has 1 fully saturated rings. The van der Waals surface area contributed by atoms with E-state index in [1.165, 1.54) is 12.1 Å². The molecule has 7 heteroatoms. The van der Waals surface area contributed by atoms with E-state index in [0.717, 1.165) is 41.4 Å². The number of halogens is 1. The third-order valence-corrected chi connectivity index (χ3v) is 5.94. The molecule has 3 atom stereocenters. The van der Waals surface area contributed by atoms with Crippen LogP contribution in [0.25, 0.3) is 17.3 Å². The van der Waals surface area contributed by atoms with E-state index >= 15 is 0 Å². The fourth-order valence-electron chi connectivity index (χ4n) is 3.97. The highest BCUT2D eigenvalue weighted by Gasteiger charge is 2.30. The second kappa shape index (κ2) is 8.41. The zero-order valence-electron chi connectivity index (χ0n) is 18.2. The van der Waals surface area contributed by atoms with Crippen LogP contribution in [0.1, 0.15) is 37.8 Å². The summed E-state index contributed by atoms with van der Waals surface area (Å²) in [5.41, 5.74) is 5.35. The van der Waals surface area contributed by atoms with Gasteiger partial charge in [-0.05, 0) is 80.9 Å². The van der Waals surface area contributed by atoms with Gasteiger partial charge in [-0.1, -0.05) is 12.1 Å². The van der Waals surface area contributed by atoms with Crippen LogP contribution < -0.4 is 15.5 Å². The van der Waals surface area contributed by atoms with Crippen molar-refractivity contribution in [3.05, 3.63) is 78.0 Å². The van der Waals surface area contributed by atoms with E-state index in [-0.39, 0.29) is 11.9 Å². The second-order valence-electron chi connectivity index (χ2n) is 8.48. The first-order valence-electron chi connectivity index (χ1n) is 10.9. The van der Waals surface area contributed by atoms with Crippen LogP contribution in [0.3, 0.4) is 0 Å². The topological polar surface area (TPSA) is 60.3 Å². The summed E-state index contributed by atoms with van der Waals surface area (Å²) in [4.78, 5) is 4.52. The molecule has 3 aromatic rings. The largest absolute Gasteiger partial charge is 0.492 e. The predicted octanol–water partition coefficient (Wildman–Crippen LogP) is 4.49. The maximum Gasteiger partial charge on any atom is 0.169 e. The zero-order valence-corrected chi connectivity index (χ0v) is 18.2. The number of nitrogens with zero attached hydrogens (tertiary/aromatic N) is 2. The Morgan fingerprint density at radius 1 is 1.25 bits per heavy atom. The number of aromatic nitrogens is 2. The molecule has 166 valence electrons. The highest BCUT2D eigenvalue weighted by Crippen LogP contribution is 2.31. The molecular formula is C25H27FN4O2. The number of hydrogen-bond acceptors (Lipinski definition) is 5. The van der Waals surface area contributed by atoms with E-state index in [0.29, 0.717) is 12.6 Å². The van der Waals surface area contributed by atoms with Gasteiger partial charge in [0, 0.05) is 11.6 Å². The minimum absolute atomic E-state index is 0.272. The molecule has 0 aliphatic carbocycles. The Morgan fingerprint density at radius 3 is 2.78 bits per heavy atom. The monoisotopic (exact) mass is 434 g/mol. The Bertz CT molecular complexity index is 1120. The van der Waals surface area contributed by atoms with E-state index < -0.39 is 5.72 Å². The molecule has 2 aliphatic heterocycles. The smallest absolute Gasteiger partial charge is 0.169 e. The molecule has 0 saturated carbocycles. The Labute approximate surface area is 187 Å². The number of ether oxygens (including phenoxy) is 2. The summed E-state index contributed by atoms with van der Waals surface area (Å²) in [7, 11) is 0. The number of hydrogen-bond donors (Lipinski definition) is 2. The summed E-state index contributed by atoms with van der Waals surface area (Å²) in [6.45, 7) is 5.62. The normalized spacial score (nSPS) is 22.5. The lowest BCUT2D eigenvalue weighted by Gasteiger charge is -2.35. The van der Waals surface area contributed by atoms with E-state index in [9.17, 15) is 4.39 Å². The molecule has 2 unspecified atom stereocenters. The van der Waals surface area contributed by atoms with Gasteiger partial charge in [-0.3, -0.25) is 5.43 Å². The van der Waals surface area contributed by atoms with Gasteiger partial charge in [0.2, 0.25) is 0 Å². The van der Waals surface area contributed by atoms with Crippen LogP contribution in [-0.2, 0) is 4.74 Å². The highest BCUT2D eigenvalue weighted by molar-refractivity contribution is 5.64.